The predicted octanol–water partition coefficient (Wildman–Crippen LogP) is 3.18. The van der Waals surface area contributed by atoms with Crippen LogP contribution in [0.4, 0.5) is 5.95 Å². The van der Waals surface area contributed by atoms with E-state index in [1.807, 2.05) is 18.2 Å². The number of thiazole rings is 1. The number of carbonyl (C=O) groups is 1. The molecule has 1 N–H and O–H groups in total. The third-order valence-electron chi connectivity index (χ3n) is 4.89. The Hall–Kier alpha value is -2.80. The van der Waals surface area contributed by atoms with Crippen LogP contribution in [0.25, 0.3) is 11.3 Å². The van der Waals surface area contributed by atoms with Crippen LogP contribution in [-0.4, -0.2) is 40.5 Å². The highest BCUT2D eigenvalue weighted by molar-refractivity contribution is 7.09. The first-order chi connectivity index (χ1) is 13.8. The van der Waals surface area contributed by atoms with Crippen molar-refractivity contribution < 1.29 is 4.79 Å². The van der Waals surface area contributed by atoms with Gasteiger partial charge in [-0.1, -0.05) is 30.3 Å². The zero-order valence-electron chi connectivity index (χ0n) is 15.6. The topological polar surface area (TPSA) is 71.0 Å². The molecule has 1 amide bonds. The number of benzene rings is 1. The van der Waals surface area contributed by atoms with Gasteiger partial charge in [0, 0.05) is 49.4 Å². The minimum Gasteiger partial charge on any atom is -0.355 e. The molecule has 1 atom stereocenters. The van der Waals surface area contributed by atoms with Gasteiger partial charge in [-0.25, -0.2) is 15.0 Å². The van der Waals surface area contributed by atoms with Gasteiger partial charge in [0.2, 0.25) is 11.9 Å². The highest BCUT2D eigenvalue weighted by Gasteiger charge is 2.26. The predicted molar refractivity (Wildman–Crippen MR) is 111 cm³/mol. The fourth-order valence-corrected chi connectivity index (χ4v) is 4.24. The molecule has 1 saturated heterocycles. The Morgan fingerprint density at radius 3 is 2.82 bits per heavy atom. The van der Waals surface area contributed by atoms with E-state index in [4.69, 9.17) is 0 Å². The van der Waals surface area contributed by atoms with Gasteiger partial charge in [-0.2, -0.15) is 0 Å². The largest absolute Gasteiger partial charge is 0.355 e. The summed E-state index contributed by atoms with van der Waals surface area (Å²) in [4.78, 5) is 28.0. The number of rotatable bonds is 6. The van der Waals surface area contributed by atoms with Crippen LogP contribution in [0.2, 0.25) is 0 Å². The van der Waals surface area contributed by atoms with Crippen molar-refractivity contribution in [1.29, 1.82) is 0 Å². The first-order valence-corrected chi connectivity index (χ1v) is 10.5. The normalized spacial score (nSPS) is 16.7. The molecule has 1 fully saturated rings. The second-order valence-electron chi connectivity index (χ2n) is 6.87. The number of carbonyl (C=O) groups excluding carboxylic acids is 1. The highest BCUT2D eigenvalue weighted by Crippen LogP contribution is 2.22. The zero-order chi connectivity index (χ0) is 19.2. The molecule has 1 aliphatic heterocycles. The zero-order valence-corrected chi connectivity index (χ0v) is 16.4. The van der Waals surface area contributed by atoms with E-state index in [9.17, 15) is 4.79 Å². The lowest BCUT2D eigenvalue weighted by molar-refractivity contribution is -0.125. The van der Waals surface area contributed by atoms with Crippen LogP contribution in [0, 0.1) is 5.92 Å². The van der Waals surface area contributed by atoms with Gasteiger partial charge < -0.3 is 10.2 Å². The summed E-state index contributed by atoms with van der Waals surface area (Å²) < 4.78 is 0. The van der Waals surface area contributed by atoms with Gasteiger partial charge in [-0.05, 0) is 18.9 Å². The van der Waals surface area contributed by atoms with Crippen molar-refractivity contribution in [2.75, 3.05) is 24.5 Å². The molecule has 7 heteroatoms. The lowest BCUT2D eigenvalue weighted by atomic mass is 9.97. The lowest BCUT2D eigenvalue weighted by Gasteiger charge is -2.31. The molecule has 0 bridgehead atoms. The number of nitrogens with one attached hydrogen (secondary N) is 1. The van der Waals surface area contributed by atoms with Gasteiger partial charge in [0.15, 0.2) is 0 Å². The van der Waals surface area contributed by atoms with Crippen molar-refractivity contribution in [3.8, 4) is 11.3 Å². The smallest absolute Gasteiger partial charge is 0.225 e. The second kappa shape index (κ2) is 8.93. The molecule has 144 valence electrons. The van der Waals surface area contributed by atoms with Crippen molar-refractivity contribution in [1.82, 2.24) is 20.3 Å². The Kier molecular flexibility index (Phi) is 5.92. The standard InChI is InChI=1S/C21H23N5OS/c27-20(17-8-4-13-26(14-17)21-23-10-5-11-24-21)22-12-9-19-25-18(15-28-19)16-6-2-1-3-7-16/h1-3,5-7,10-11,15,17H,4,8-9,12-14H2,(H,22,27)/t17-/m0/s1. The van der Waals surface area contributed by atoms with E-state index >= 15 is 0 Å². The molecule has 0 unspecified atom stereocenters. The van der Waals surface area contributed by atoms with Gasteiger partial charge in [-0.3, -0.25) is 4.79 Å². The average molecular weight is 394 g/mol. The van der Waals surface area contributed by atoms with Gasteiger partial charge in [0.25, 0.3) is 0 Å². The van der Waals surface area contributed by atoms with Crippen molar-refractivity contribution >= 4 is 23.2 Å². The lowest BCUT2D eigenvalue weighted by Crippen LogP contribution is -2.44. The average Bonchev–Trinajstić information content (AvgIpc) is 3.24. The number of hydrogen-bond acceptors (Lipinski definition) is 6. The van der Waals surface area contributed by atoms with Crippen LogP contribution >= 0.6 is 11.3 Å². The van der Waals surface area contributed by atoms with Gasteiger partial charge in [0.05, 0.1) is 16.6 Å². The summed E-state index contributed by atoms with van der Waals surface area (Å²) in [6.45, 7) is 2.18. The molecule has 3 aromatic rings. The third kappa shape index (κ3) is 4.54. The maximum atomic E-state index is 12.6. The number of piperidine rings is 1. The first-order valence-electron chi connectivity index (χ1n) is 9.59. The summed E-state index contributed by atoms with van der Waals surface area (Å²) in [6.07, 6.45) is 6.11. The second-order valence-corrected chi connectivity index (χ2v) is 7.81. The number of aromatic nitrogens is 3. The van der Waals surface area contributed by atoms with Crippen molar-refractivity contribution in [3.63, 3.8) is 0 Å². The van der Waals surface area contributed by atoms with Crippen LogP contribution in [-0.2, 0) is 11.2 Å². The van der Waals surface area contributed by atoms with Crippen LogP contribution in [0.15, 0.2) is 54.2 Å². The summed E-state index contributed by atoms with van der Waals surface area (Å²) in [5.74, 6) is 0.797. The number of amides is 1. The molecule has 28 heavy (non-hydrogen) atoms. The van der Waals surface area contributed by atoms with Crippen LogP contribution in [0.1, 0.15) is 17.8 Å². The van der Waals surface area contributed by atoms with Crippen molar-refractivity contribution in [3.05, 3.63) is 59.2 Å². The fourth-order valence-electron chi connectivity index (χ4n) is 3.43. The third-order valence-corrected chi connectivity index (χ3v) is 5.80. The van der Waals surface area contributed by atoms with E-state index in [-0.39, 0.29) is 11.8 Å². The number of hydrogen-bond donors (Lipinski definition) is 1. The van der Waals surface area contributed by atoms with E-state index in [0.29, 0.717) is 19.0 Å². The molecule has 0 radical (unpaired) electrons. The maximum Gasteiger partial charge on any atom is 0.225 e. The van der Waals surface area contributed by atoms with E-state index in [1.54, 1.807) is 29.8 Å². The quantitative estimate of drug-likeness (QED) is 0.696. The van der Waals surface area contributed by atoms with E-state index < -0.39 is 0 Å². The van der Waals surface area contributed by atoms with E-state index in [2.05, 4.69) is 42.7 Å². The van der Waals surface area contributed by atoms with Crippen molar-refractivity contribution in [2.45, 2.75) is 19.3 Å². The maximum absolute atomic E-state index is 12.6. The Balaban J connectivity index is 1.27. The Labute approximate surface area is 168 Å². The highest BCUT2D eigenvalue weighted by atomic mass is 32.1. The molecule has 0 spiro atoms. The molecule has 2 aromatic heterocycles. The minimum atomic E-state index is -0.0197. The SMILES string of the molecule is O=C(NCCc1nc(-c2ccccc2)cs1)[C@H]1CCCN(c2ncccn2)C1. The molecule has 0 aliphatic carbocycles. The number of anilines is 1. The van der Waals surface area contributed by atoms with Crippen molar-refractivity contribution in [2.24, 2.45) is 5.92 Å². The summed E-state index contributed by atoms with van der Waals surface area (Å²) in [6, 6.07) is 12.0. The molecular weight excluding hydrogens is 370 g/mol. The minimum absolute atomic E-state index is 0.0197. The van der Waals surface area contributed by atoms with E-state index in [1.165, 1.54) is 0 Å². The summed E-state index contributed by atoms with van der Waals surface area (Å²) in [7, 11) is 0. The Bertz CT molecular complexity index is 899. The van der Waals surface area contributed by atoms with Crippen LogP contribution in [0.5, 0.6) is 0 Å². The van der Waals surface area contributed by atoms with Gasteiger partial charge in [0.1, 0.15) is 0 Å². The first kappa shape index (κ1) is 18.6. The van der Waals surface area contributed by atoms with Crippen LogP contribution < -0.4 is 10.2 Å². The molecule has 3 heterocycles. The Morgan fingerprint density at radius 2 is 2.00 bits per heavy atom. The molecular formula is C21H23N5OS. The number of nitrogens with zero attached hydrogens (tertiary/aromatic N) is 4. The Morgan fingerprint density at radius 1 is 1.18 bits per heavy atom. The molecule has 0 saturated carbocycles. The summed E-state index contributed by atoms with van der Waals surface area (Å²) in [5.41, 5.74) is 2.12. The van der Waals surface area contributed by atoms with Gasteiger partial charge in [-0.15, -0.1) is 11.3 Å². The molecule has 6 nitrogen and oxygen atoms in total. The summed E-state index contributed by atoms with van der Waals surface area (Å²) in [5, 5.41) is 6.20. The molecule has 4 rings (SSSR count). The summed E-state index contributed by atoms with van der Waals surface area (Å²) >= 11 is 1.64. The monoisotopic (exact) mass is 393 g/mol. The van der Waals surface area contributed by atoms with Gasteiger partial charge >= 0.3 is 0 Å². The molecule has 1 aliphatic rings. The molecule has 1 aromatic carbocycles. The van der Waals surface area contributed by atoms with E-state index in [0.717, 1.165) is 42.1 Å². The fraction of sp³-hybridized carbons (Fsp3) is 0.333. The van der Waals surface area contributed by atoms with Crippen LogP contribution in [0.3, 0.4) is 0 Å².